The number of nitrogens with two attached hydrogens (primary N) is 1. The van der Waals surface area contributed by atoms with E-state index < -0.39 is 0 Å². The van der Waals surface area contributed by atoms with Crippen molar-refractivity contribution < 1.29 is 9.53 Å². The topological polar surface area (TPSA) is 55.6 Å². The van der Waals surface area contributed by atoms with Crippen molar-refractivity contribution in [1.82, 2.24) is 4.90 Å². The van der Waals surface area contributed by atoms with Gasteiger partial charge in [0.15, 0.2) is 0 Å². The molecule has 0 aromatic heterocycles. The summed E-state index contributed by atoms with van der Waals surface area (Å²) in [7, 11) is 0. The van der Waals surface area contributed by atoms with E-state index in [1.165, 1.54) is 0 Å². The molecule has 2 unspecified atom stereocenters. The Balaban J connectivity index is 1.93. The summed E-state index contributed by atoms with van der Waals surface area (Å²) >= 11 is 0. The Labute approximate surface area is 90.8 Å². The average molecular weight is 212 g/mol. The van der Waals surface area contributed by atoms with E-state index >= 15 is 0 Å². The van der Waals surface area contributed by atoms with E-state index in [4.69, 9.17) is 10.5 Å². The molecule has 0 aliphatic carbocycles. The first-order valence-corrected chi connectivity index (χ1v) is 5.83. The van der Waals surface area contributed by atoms with Crippen LogP contribution in [0.4, 0.5) is 0 Å². The predicted molar refractivity (Wildman–Crippen MR) is 57.3 cm³/mol. The fourth-order valence-corrected chi connectivity index (χ4v) is 2.56. The number of nitrogens with zero attached hydrogens (tertiary/aromatic N) is 1. The van der Waals surface area contributed by atoms with Crippen LogP contribution in [0.25, 0.3) is 0 Å². The molecule has 0 saturated carbocycles. The Morgan fingerprint density at radius 2 is 2.27 bits per heavy atom. The van der Waals surface area contributed by atoms with Gasteiger partial charge >= 0.3 is 0 Å². The van der Waals surface area contributed by atoms with Gasteiger partial charge in [-0.3, -0.25) is 4.79 Å². The standard InChI is InChI=1S/C11H20N2O2/c1-8-5-9(12)7-13(6-8)11(14)10-3-2-4-15-10/h8-10H,2-7,12H2,1H3/t8?,9?,10-/m0/s1. The monoisotopic (exact) mass is 212 g/mol. The molecule has 0 spiro atoms. The third-order valence-electron chi connectivity index (χ3n) is 3.21. The molecule has 0 bridgehead atoms. The number of hydrogen-bond acceptors (Lipinski definition) is 3. The molecule has 2 aliphatic rings. The molecule has 0 radical (unpaired) electrons. The third kappa shape index (κ3) is 2.49. The first-order chi connectivity index (χ1) is 7.16. The first kappa shape index (κ1) is 10.9. The van der Waals surface area contributed by atoms with Crippen LogP contribution in [0.1, 0.15) is 26.2 Å². The molecule has 2 fully saturated rings. The molecule has 2 rings (SSSR count). The fraction of sp³-hybridized carbons (Fsp3) is 0.909. The molecule has 2 heterocycles. The molecular weight excluding hydrogens is 192 g/mol. The van der Waals surface area contributed by atoms with E-state index in [0.717, 1.165) is 32.4 Å². The highest BCUT2D eigenvalue weighted by atomic mass is 16.5. The van der Waals surface area contributed by atoms with Gasteiger partial charge in [-0.2, -0.15) is 0 Å². The van der Waals surface area contributed by atoms with Crippen LogP contribution in [-0.4, -0.2) is 42.6 Å². The largest absolute Gasteiger partial charge is 0.368 e. The zero-order chi connectivity index (χ0) is 10.8. The lowest BCUT2D eigenvalue weighted by Gasteiger charge is -2.35. The quantitative estimate of drug-likeness (QED) is 0.683. The van der Waals surface area contributed by atoms with Crippen molar-refractivity contribution in [3.8, 4) is 0 Å². The van der Waals surface area contributed by atoms with Gasteiger partial charge in [-0.15, -0.1) is 0 Å². The molecule has 0 aromatic carbocycles. The molecule has 2 aliphatic heterocycles. The van der Waals surface area contributed by atoms with Crippen LogP contribution in [0.3, 0.4) is 0 Å². The van der Waals surface area contributed by atoms with E-state index in [0.29, 0.717) is 12.5 Å². The van der Waals surface area contributed by atoms with E-state index in [1.54, 1.807) is 0 Å². The van der Waals surface area contributed by atoms with E-state index in [2.05, 4.69) is 6.92 Å². The summed E-state index contributed by atoms with van der Waals surface area (Å²) in [6, 6.07) is 0.138. The number of piperidine rings is 1. The zero-order valence-corrected chi connectivity index (χ0v) is 9.32. The van der Waals surface area contributed by atoms with Crippen LogP contribution >= 0.6 is 0 Å². The van der Waals surface area contributed by atoms with Crippen molar-refractivity contribution in [1.29, 1.82) is 0 Å². The Kier molecular flexibility index (Phi) is 3.26. The Morgan fingerprint density at radius 3 is 2.87 bits per heavy atom. The summed E-state index contributed by atoms with van der Waals surface area (Å²) < 4.78 is 5.41. The highest BCUT2D eigenvalue weighted by Crippen LogP contribution is 2.20. The van der Waals surface area contributed by atoms with Crippen molar-refractivity contribution in [3.05, 3.63) is 0 Å². The van der Waals surface area contributed by atoms with Gasteiger partial charge in [0.05, 0.1) is 0 Å². The Bertz CT molecular complexity index is 229. The SMILES string of the molecule is CC1CC(N)CN(C(=O)[C@@H]2CCCO2)C1. The lowest BCUT2D eigenvalue weighted by Crippen LogP contribution is -2.51. The van der Waals surface area contributed by atoms with Gasteiger partial charge in [0, 0.05) is 25.7 Å². The maximum atomic E-state index is 12.0. The summed E-state index contributed by atoms with van der Waals surface area (Å²) in [4.78, 5) is 13.9. The fourth-order valence-electron chi connectivity index (χ4n) is 2.56. The van der Waals surface area contributed by atoms with Crippen molar-refractivity contribution in [2.24, 2.45) is 11.7 Å². The van der Waals surface area contributed by atoms with Crippen LogP contribution in [0, 0.1) is 5.92 Å². The van der Waals surface area contributed by atoms with Gasteiger partial charge in [-0.25, -0.2) is 0 Å². The minimum absolute atomic E-state index is 0.138. The van der Waals surface area contributed by atoms with E-state index in [1.807, 2.05) is 4.90 Å². The molecule has 2 N–H and O–H groups in total. The first-order valence-electron chi connectivity index (χ1n) is 5.83. The van der Waals surface area contributed by atoms with E-state index in [-0.39, 0.29) is 18.1 Å². The number of carbonyl (C=O) groups excluding carboxylic acids is 1. The minimum Gasteiger partial charge on any atom is -0.368 e. The molecule has 4 heteroatoms. The summed E-state index contributed by atoms with van der Waals surface area (Å²) in [5.41, 5.74) is 5.92. The van der Waals surface area contributed by atoms with Crippen LogP contribution < -0.4 is 5.73 Å². The molecule has 15 heavy (non-hydrogen) atoms. The van der Waals surface area contributed by atoms with Gasteiger partial charge in [0.1, 0.15) is 6.10 Å². The number of likely N-dealkylation sites (tertiary alicyclic amines) is 1. The normalized spacial score (nSPS) is 36.9. The van der Waals surface area contributed by atoms with Crippen molar-refractivity contribution in [3.63, 3.8) is 0 Å². The number of amides is 1. The lowest BCUT2D eigenvalue weighted by atomic mass is 9.96. The number of hydrogen-bond donors (Lipinski definition) is 1. The summed E-state index contributed by atoms with van der Waals surface area (Å²) in [5.74, 6) is 0.661. The van der Waals surface area contributed by atoms with Crippen LogP contribution in [0.5, 0.6) is 0 Å². The summed E-state index contributed by atoms with van der Waals surface area (Å²) in [6.45, 7) is 4.41. The van der Waals surface area contributed by atoms with Crippen molar-refractivity contribution in [2.75, 3.05) is 19.7 Å². The van der Waals surface area contributed by atoms with Gasteiger partial charge in [0.25, 0.3) is 5.91 Å². The second-order valence-corrected chi connectivity index (χ2v) is 4.85. The van der Waals surface area contributed by atoms with Crippen LogP contribution in [0.15, 0.2) is 0 Å². The number of ether oxygens (including phenoxy) is 1. The predicted octanol–water partition coefficient (Wildman–Crippen LogP) is 0.361. The summed E-state index contributed by atoms with van der Waals surface area (Å²) in [5, 5.41) is 0. The van der Waals surface area contributed by atoms with Gasteiger partial charge in [-0.05, 0) is 25.2 Å². The van der Waals surface area contributed by atoms with Gasteiger partial charge < -0.3 is 15.4 Å². The van der Waals surface area contributed by atoms with Gasteiger partial charge in [-0.1, -0.05) is 6.92 Å². The third-order valence-corrected chi connectivity index (χ3v) is 3.21. The van der Waals surface area contributed by atoms with E-state index in [9.17, 15) is 4.79 Å². The zero-order valence-electron chi connectivity index (χ0n) is 9.32. The second-order valence-electron chi connectivity index (χ2n) is 4.85. The maximum Gasteiger partial charge on any atom is 0.251 e. The van der Waals surface area contributed by atoms with Crippen molar-refractivity contribution in [2.45, 2.75) is 38.3 Å². The highest BCUT2D eigenvalue weighted by Gasteiger charge is 2.32. The molecule has 2 saturated heterocycles. The minimum atomic E-state index is -0.192. The van der Waals surface area contributed by atoms with Gasteiger partial charge in [0.2, 0.25) is 0 Å². The Morgan fingerprint density at radius 1 is 1.47 bits per heavy atom. The molecule has 4 nitrogen and oxygen atoms in total. The number of carbonyl (C=O) groups is 1. The Hall–Kier alpha value is -0.610. The second kappa shape index (κ2) is 4.49. The molecule has 86 valence electrons. The molecule has 3 atom stereocenters. The highest BCUT2D eigenvalue weighted by molar-refractivity contribution is 5.81. The average Bonchev–Trinajstić information content (AvgIpc) is 2.67. The van der Waals surface area contributed by atoms with Crippen LogP contribution in [-0.2, 0) is 9.53 Å². The summed E-state index contributed by atoms with van der Waals surface area (Å²) in [6.07, 6.45) is 2.71. The van der Waals surface area contributed by atoms with Crippen molar-refractivity contribution >= 4 is 5.91 Å². The van der Waals surface area contributed by atoms with Crippen LogP contribution in [0.2, 0.25) is 0 Å². The molecule has 0 aromatic rings. The molecule has 1 amide bonds. The smallest absolute Gasteiger partial charge is 0.251 e. The molecular formula is C11H20N2O2. The lowest BCUT2D eigenvalue weighted by molar-refractivity contribution is -0.143. The number of rotatable bonds is 1. The maximum absolute atomic E-state index is 12.0.